The summed E-state index contributed by atoms with van der Waals surface area (Å²) in [5.41, 5.74) is 24.9. The van der Waals surface area contributed by atoms with E-state index in [9.17, 15) is 0 Å². The van der Waals surface area contributed by atoms with Crippen LogP contribution in [0.1, 0.15) is 22.3 Å². The number of hydrogen-bond donors (Lipinski definition) is 0. The lowest BCUT2D eigenvalue weighted by molar-refractivity contribution is 0.794. The molecule has 0 unspecified atom stereocenters. The van der Waals surface area contributed by atoms with E-state index in [0.29, 0.717) is 0 Å². The molecule has 0 nitrogen and oxygen atoms in total. The molecule has 0 heteroatoms. The Balaban J connectivity index is 1.02. The van der Waals surface area contributed by atoms with Gasteiger partial charge in [0.05, 0.1) is 5.41 Å². The Hall–Kier alpha value is -7.80. The Morgan fingerprint density at radius 2 is 0.508 bits per heavy atom. The average Bonchev–Trinajstić information content (AvgIpc) is 3.82. The number of rotatable bonds is 6. The van der Waals surface area contributed by atoms with Crippen molar-refractivity contribution in [1.82, 2.24) is 0 Å². The van der Waals surface area contributed by atoms with E-state index in [2.05, 4.69) is 243 Å². The highest BCUT2D eigenvalue weighted by Crippen LogP contribution is 2.63. The van der Waals surface area contributed by atoms with E-state index in [-0.39, 0.29) is 5.41 Å². The predicted molar refractivity (Wildman–Crippen MR) is 255 cm³/mol. The van der Waals surface area contributed by atoms with E-state index in [1.165, 1.54) is 111 Å². The van der Waals surface area contributed by atoms with Crippen molar-refractivity contribution in [3.05, 3.63) is 265 Å². The molecule has 2 aliphatic carbocycles. The summed E-state index contributed by atoms with van der Waals surface area (Å²) in [6, 6.07) is 89.7. The van der Waals surface area contributed by atoms with Crippen LogP contribution in [0.2, 0.25) is 0 Å². The maximum atomic E-state index is 2.48. The van der Waals surface area contributed by atoms with Gasteiger partial charge in [0.15, 0.2) is 0 Å². The average molecular weight is 773 g/mol. The largest absolute Gasteiger partial charge is 0.0725 e. The van der Waals surface area contributed by atoms with Crippen LogP contribution in [0, 0.1) is 0 Å². The summed E-state index contributed by atoms with van der Waals surface area (Å²) >= 11 is 0. The lowest BCUT2D eigenvalue weighted by Gasteiger charge is -2.30. The van der Waals surface area contributed by atoms with Crippen LogP contribution in [-0.2, 0) is 5.41 Å². The van der Waals surface area contributed by atoms with Crippen molar-refractivity contribution in [2.24, 2.45) is 0 Å². The molecule has 0 heterocycles. The van der Waals surface area contributed by atoms with Gasteiger partial charge in [0.25, 0.3) is 0 Å². The van der Waals surface area contributed by atoms with Gasteiger partial charge in [-0.3, -0.25) is 0 Å². The minimum absolute atomic E-state index is 0.370. The normalized spacial score (nSPS) is 12.7. The molecule has 0 atom stereocenters. The molecule has 0 aliphatic heterocycles. The molecule has 2 aliphatic rings. The maximum absolute atomic E-state index is 2.48. The van der Waals surface area contributed by atoms with E-state index < -0.39 is 0 Å². The van der Waals surface area contributed by atoms with Crippen LogP contribution in [0.25, 0.3) is 89.0 Å². The predicted octanol–water partition coefficient (Wildman–Crippen LogP) is 16.0. The maximum Gasteiger partial charge on any atom is 0.0725 e. The molecule has 10 aromatic carbocycles. The van der Waals surface area contributed by atoms with Crippen LogP contribution in [0.3, 0.4) is 0 Å². The molecule has 0 amide bonds. The van der Waals surface area contributed by atoms with E-state index in [0.717, 1.165) is 0 Å². The summed E-state index contributed by atoms with van der Waals surface area (Å²) in [4.78, 5) is 0. The molecule has 0 fully saturated rings. The summed E-state index contributed by atoms with van der Waals surface area (Å²) in [5.74, 6) is 0. The molecule has 0 saturated carbocycles. The van der Waals surface area contributed by atoms with E-state index in [1.54, 1.807) is 0 Å². The second-order valence-electron chi connectivity index (χ2n) is 16.3. The minimum Gasteiger partial charge on any atom is -0.0622 e. The van der Waals surface area contributed by atoms with Crippen molar-refractivity contribution in [1.29, 1.82) is 0 Å². The first-order chi connectivity index (χ1) is 30.3. The highest BCUT2D eigenvalue weighted by Gasteiger charge is 2.51. The van der Waals surface area contributed by atoms with Crippen molar-refractivity contribution >= 4 is 0 Å². The molecule has 284 valence electrons. The quantitative estimate of drug-likeness (QED) is 0.158. The zero-order valence-electron chi connectivity index (χ0n) is 33.6. The molecular weight excluding hydrogens is 733 g/mol. The topological polar surface area (TPSA) is 0 Å². The molecule has 61 heavy (non-hydrogen) atoms. The van der Waals surface area contributed by atoms with Gasteiger partial charge in [-0.1, -0.05) is 224 Å². The second kappa shape index (κ2) is 14.2. The molecule has 0 saturated heterocycles. The SMILES string of the molecule is c1ccc(-c2ccc(-c3cc(-c4ccccc4)cc(-c4ccccc4)c3-c3ccc(-c4ccc5c(c4)C4(c6ccccc6-c6ccccc64)c4ccccc4-5)cc3)cc2)cc1. The first-order valence-electron chi connectivity index (χ1n) is 21.2. The third-order valence-electron chi connectivity index (χ3n) is 13.1. The Bertz CT molecular complexity index is 3180. The van der Waals surface area contributed by atoms with E-state index in [4.69, 9.17) is 0 Å². The van der Waals surface area contributed by atoms with Gasteiger partial charge < -0.3 is 0 Å². The van der Waals surface area contributed by atoms with Gasteiger partial charge >= 0.3 is 0 Å². The van der Waals surface area contributed by atoms with Crippen molar-refractivity contribution in [3.8, 4) is 89.0 Å². The van der Waals surface area contributed by atoms with Gasteiger partial charge in [-0.15, -0.1) is 0 Å². The summed E-state index contributed by atoms with van der Waals surface area (Å²) < 4.78 is 0. The Labute approximate surface area is 357 Å². The first-order valence-corrected chi connectivity index (χ1v) is 21.2. The van der Waals surface area contributed by atoms with Crippen LogP contribution >= 0.6 is 0 Å². The smallest absolute Gasteiger partial charge is 0.0622 e. The van der Waals surface area contributed by atoms with Crippen molar-refractivity contribution < 1.29 is 0 Å². The highest BCUT2D eigenvalue weighted by molar-refractivity contribution is 5.99. The van der Waals surface area contributed by atoms with Crippen molar-refractivity contribution in [2.75, 3.05) is 0 Å². The lowest BCUT2D eigenvalue weighted by atomic mass is 9.70. The zero-order chi connectivity index (χ0) is 40.3. The minimum atomic E-state index is -0.370. The second-order valence-corrected chi connectivity index (χ2v) is 16.3. The highest BCUT2D eigenvalue weighted by atomic mass is 14.5. The lowest BCUT2D eigenvalue weighted by Crippen LogP contribution is -2.25. The third kappa shape index (κ3) is 5.53. The van der Waals surface area contributed by atoms with Crippen LogP contribution in [0.5, 0.6) is 0 Å². The summed E-state index contributed by atoms with van der Waals surface area (Å²) in [5, 5.41) is 0. The molecule has 0 N–H and O–H groups in total. The van der Waals surface area contributed by atoms with Gasteiger partial charge in [0.1, 0.15) is 0 Å². The standard InChI is InChI=1S/C61H40/c1-4-16-41(17-5-1)43-28-32-46(33-29-43)55-39-49(42-18-6-2-7-19-42)38-54(45-20-8-3-9-21-45)60(55)47-34-30-44(31-35-47)48-36-37-53-52-24-12-15-27-58(52)61(59(53)40-48)56-25-13-10-22-50(56)51-23-11-14-26-57(51)61/h1-40H. The number of benzene rings is 10. The van der Waals surface area contributed by atoms with Crippen LogP contribution in [-0.4, -0.2) is 0 Å². The van der Waals surface area contributed by atoms with Crippen LogP contribution in [0.15, 0.2) is 243 Å². The number of fused-ring (bicyclic) bond motifs is 10. The molecule has 0 radical (unpaired) electrons. The molecule has 0 aromatic heterocycles. The third-order valence-corrected chi connectivity index (χ3v) is 13.1. The summed E-state index contributed by atoms with van der Waals surface area (Å²) in [7, 11) is 0. The van der Waals surface area contributed by atoms with Gasteiger partial charge in [-0.25, -0.2) is 0 Å². The van der Waals surface area contributed by atoms with E-state index in [1.807, 2.05) is 0 Å². The Kier molecular flexibility index (Phi) is 8.18. The van der Waals surface area contributed by atoms with Crippen LogP contribution in [0.4, 0.5) is 0 Å². The summed E-state index contributed by atoms with van der Waals surface area (Å²) in [6.45, 7) is 0. The fraction of sp³-hybridized carbons (Fsp3) is 0.0164. The monoisotopic (exact) mass is 772 g/mol. The fourth-order valence-corrected chi connectivity index (χ4v) is 10.4. The molecule has 12 rings (SSSR count). The van der Waals surface area contributed by atoms with Gasteiger partial charge in [0.2, 0.25) is 0 Å². The zero-order valence-corrected chi connectivity index (χ0v) is 33.6. The molecule has 1 spiro atoms. The van der Waals surface area contributed by atoms with Gasteiger partial charge in [0, 0.05) is 0 Å². The van der Waals surface area contributed by atoms with Gasteiger partial charge in [-0.05, 0) is 129 Å². The Morgan fingerprint density at radius 3 is 1.02 bits per heavy atom. The van der Waals surface area contributed by atoms with Crippen molar-refractivity contribution in [2.45, 2.75) is 5.41 Å². The molecule has 0 bridgehead atoms. The Morgan fingerprint density at radius 1 is 0.180 bits per heavy atom. The fourth-order valence-electron chi connectivity index (χ4n) is 10.4. The summed E-state index contributed by atoms with van der Waals surface area (Å²) in [6.07, 6.45) is 0. The first kappa shape index (κ1) is 35.2. The van der Waals surface area contributed by atoms with Gasteiger partial charge in [-0.2, -0.15) is 0 Å². The van der Waals surface area contributed by atoms with Crippen LogP contribution < -0.4 is 0 Å². The molecular formula is C61H40. The molecule has 10 aromatic rings. The van der Waals surface area contributed by atoms with Crippen molar-refractivity contribution in [3.63, 3.8) is 0 Å². The number of hydrogen-bond acceptors (Lipinski definition) is 0. The van der Waals surface area contributed by atoms with E-state index >= 15 is 0 Å².